The normalized spacial score (nSPS) is 10.0. The third-order valence-electron chi connectivity index (χ3n) is 2.39. The number of carbonyl (C=O) groups is 2. The highest BCUT2D eigenvalue weighted by Gasteiger charge is 2.09. The molecule has 0 radical (unpaired) electrons. The topological polar surface area (TPSA) is 72.0 Å². The van der Waals surface area contributed by atoms with E-state index in [4.69, 9.17) is 11.6 Å². The highest BCUT2D eigenvalue weighted by molar-refractivity contribution is 6.29. The maximum absolute atomic E-state index is 11.8. The van der Waals surface area contributed by atoms with E-state index in [1.165, 1.54) is 19.3 Å². The Hall–Kier alpha value is -2.27. The first kappa shape index (κ1) is 13.2. The Morgan fingerprint density at radius 2 is 1.84 bits per heavy atom. The number of nitrogens with one attached hydrogen (secondary N) is 1. The van der Waals surface area contributed by atoms with Crippen LogP contribution in [0.5, 0.6) is 0 Å². The third kappa shape index (κ3) is 3.35. The Balaban J connectivity index is 2.13. The minimum absolute atomic E-state index is 0.0291. The lowest BCUT2D eigenvalue weighted by molar-refractivity contribution is 0.101. The summed E-state index contributed by atoms with van der Waals surface area (Å²) in [4.78, 5) is 30.6. The number of amides is 1. The molecule has 1 heterocycles. The van der Waals surface area contributed by atoms with Crippen molar-refractivity contribution in [3.05, 3.63) is 53.1 Å². The molecule has 0 aliphatic carbocycles. The zero-order chi connectivity index (χ0) is 13.8. The Bertz CT molecular complexity index is 626. The maximum Gasteiger partial charge on any atom is 0.275 e. The third-order valence-corrected chi connectivity index (χ3v) is 2.57. The van der Waals surface area contributed by atoms with Crippen LogP contribution in [0, 0.1) is 0 Å². The molecule has 5 nitrogen and oxygen atoms in total. The van der Waals surface area contributed by atoms with Gasteiger partial charge in [0.15, 0.2) is 5.78 Å². The predicted molar refractivity (Wildman–Crippen MR) is 71.4 cm³/mol. The van der Waals surface area contributed by atoms with Gasteiger partial charge >= 0.3 is 0 Å². The molecule has 96 valence electrons. The Labute approximate surface area is 114 Å². The molecule has 2 rings (SSSR count). The SMILES string of the molecule is CC(=O)c1ccc(NC(=O)c2cncc(Cl)n2)cc1. The van der Waals surface area contributed by atoms with Gasteiger partial charge in [-0.2, -0.15) is 0 Å². The number of hydrogen-bond donors (Lipinski definition) is 1. The summed E-state index contributed by atoms with van der Waals surface area (Å²) in [7, 11) is 0. The first-order valence-corrected chi connectivity index (χ1v) is 5.84. The van der Waals surface area contributed by atoms with Crippen LogP contribution in [-0.2, 0) is 0 Å². The average molecular weight is 276 g/mol. The Kier molecular flexibility index (Phi) is 3.87. The van der Waals surface area contributed by atoms with Crippen molar-refractivity contribution in [2.75, 3.05) is 5.32 Å². The van der Waals surface area contributed by atoms with Gasteiger partial charge in [0.25, 0.3) is 5.91 Å². The molecular weight excluding hydrogens is 266 g/mol. The highest BCUT2D eigenvalue weighted by Crippen LogP contribution is 2.11. The van der Waals surface area contributed by atoms with Crippen molar-refractivity contribution in [1.82, 2.24) is 9.97 Å². The van der Waals surface area contributed by atoms with Crippen molar-refractivity contribution in [3.63, 3.8) is 0 Å². The molecule has 0 spiro atoms. The van der Waals surface area contributed by atoms with Gasteiger partial charge in [-0.15, -0.1) is 0 Å². The molecule has 1 N–H and O–H groups in total. The van der Waals surface area contributed by atoms with Crippen LogP contribution in [0.1, 0.15) is 27.8 Å². The number of Topliss-reactive ketones (excluding diaryl/α,β-unsaturated/α-hetero) is 1. The van der Waals surface area contributed by atoms with Gasteiger partial charge in [0.2, 0.25) is 0 Å². The molecule has 0 saturated heterocycles. The first-order valence-electron chi connectivity index (χ1n) is 5.46. The van der Waals surface area contributed by atoms with Gasteiger partial charge in [-0.1, -0.05) is 11.6 Å². The number of ketones is 1. The van der Waals surface area contributed by atoms with E-state index in [0.29, 0.717) is 11.3 Å². The summed E-state index contributed by atoms with van der Waals surface area (Å²) < 4.78 is 0. The number of rotatable bonds is 3. The number of hydrogen-bond acceptors (Lipinski definition) is 4. The first-order chi connectivity index (χ1) is 9.06. The Morgan fingerprint density at radius 3 is 2.42 bits per heavy atom. The van der Waals surface area contributed by atoms with Gasteiger partial charge in [-0.25, -0.2) is 4.98 Å². The van der Waals surface area contributed by atoms with E-state index in [-0.39, 0.29) is 16.6 Å². The summed E-state index contributed by atoms with van der Waals surface area (Å²) in [6, 6.07) is 6.57. The number of benzene rings is 1. The summed E-state index contributed by atoms with van der Waals surface area (Å²) in [5.41, 5.74) is 1.28. The van der Waals surface area contributed by atoms with Gasteiger partial charge in [0.1, 0.15) is 10.8 Å². The van der Waals surface area contributed by atoms with E-state index in [1.54, 1.807) is 24.3 Å². The molecule has 1 aromatic heterocycles. The molecule has 6 heteroatoms. The van der Waals surface area contributed by atoms with Gasteiger partial charge in [0, 0.05) is 11.3 Å². The van der Waals surface area contributed by atoms with Crippen LogP contribution in [0.25, 0.3) is 0 Å². The van der Waals surface area contributed by atoms with Crippen LogP contribution in [0.4, 0.5) is 5.69 Å². The van der Waals surface area contributed by atoms with Gasteiger partial charge < -0.3 is 5.32 Å². The zero-order valence-corrected chi connectivity index (χ0v) is 10.8. The van der Waals surface area contributed by atoms with E-state index >= 15 is 0 Å². The van der Waals surface area contributed by atoms with Crippen LogP contribution in [-0.4, -0.2) is 21.7 Å². The van der Waals surface area contributed by atoms with Gasteiger partial charge in [-0.3, -0.25) is 14.6 Å². The average Bonchev–Trinajstić information content (AvgIpc) is 2.39. The van der Waals surface area contributed by atoms with Crippen molar-refractivity contribution in [2.24, 2.45) is 0 Å². The van der Waals surface area contributed by atoms with Crippen LogP contribution < -0.4 is 5.32 Å². The molecule has 0 unspecified atom stereocenters. The molecule has 0 fully saturated rings. The standard InChI is InChI=1S/C13H10ClN3O2/c1-8(18)9-2-4-10(5-3-9)16-13(19)11-6-15-7-12(14)17-11/h2-7H,1H3,(H,16,19). The van der Waals surface area contributed by atoms with E-state index in [1.807, 2.05) is 0 Å². The number of anilines is 1. The summed E-state index contributed by atoms with van der Waals surface area (Å²) in [6.45, 7) is 1.48. The largest absolute Gasteiger partial charge is 0.321 e. The molecule has 19 heavy (non-hydrogen) atoms. The van der Waals surface area contributed by atoms with E-state index in [9.17, 15) is 9.59 Å². The van der Waals surface area contributed by atoms with Crippen molar-refractivity contribution in [3.8, 4) is 0 Å². The molecule has 0 saturated carbocycles. The van der Waals surface area contributed by atoms with Gasteiger partial charge in [-0.05, 0) is 31.2 Å². The molecule has 0 aliphatic heterocycles. The minimum Gasteiger partial charge on any atom is -0.321 e. The highest BCUT2D eigenvalue weighted by atomic mass is 35.5. The lowest BCUT2D eigenvalue weighted by Crippen LogP contribution is -2.14. The fourth-order valence-electron chi connectivity index (χ4n) is 1.43. The molecule has 0 aliphatic rings. The van der Waals surface area contributed by atoms with E-state index in [2.05, 4.69) is 15.3 Å². The second kappa shape index (κ2) is 5.58. The van der Waals surface area contributed by atoms with Gasteiger partial charge in [0.05, 0.1) is 12.4 Å². The quantitative estimate of drug-likeness (QED) is 0.874. The molecule has 0 bridgehead atoms. The van der Waals surface area contributed by atoms with Crippen molar-refractivity contribution >= 4 is 29.0 Å². The number of nitrogens with zero attached hydrogens (tertiary/aromatic N) is 2. The van der Waals surface area contributed by atoms with Crippen molar-refractivity contribution < 1.29 is 9.59 Å². The smallest absolute Gasteiger partial charge is 0.275 e. The summed E-state index contributed by atoms with van der Waals surface area (Å²) in [5.74, 6) is -0.441. The van der Waals surface area contributed by atoms with E-state index < -0.39 is 5.91 Å². The molecule has 2 aromatic rings. The number of aromatic nitrogens is 2. The number of carbonyl (C=O) groups excluding carboxylic acids is 2. The number of halogens is 1. The zero-order valence-electron chi connectivity index (χ0n) is 10.1. The summed E-state index contributed by atoms with van der Waals surface area (Å²) in [6.07, 6.45) is 2.67. The lowest BCUT2D eigenvalue weighted by atomic mass is 10.1. The predicted octanol–water partition coefficient (Wildman–Crippen LogP) is 2.58. The van der Waals surface area contributed by atoms with Crippen LogP contribution >= 0.6 is 11.6 Å². The second-order valence-corrected chi connectivity index (χ2v) is 4.20. The molecule has 1 aromatic carbocycles. The lowest BCUT2D eigenvalue weighted by Gasteiger charge is -2.05. The molecular formula is C13H10ClN3O2. The second-order valence-electron chi connectivity index (χ2n) is 3.81. The molecule has 1 amide bonds. The maximum atomic E-state index is 11.8. The Morgan fingerprint density at radius 1 is 1.16 bits per heavy atom. The van der Waals surface area contributed by atoms with E-state index in [0.717, 1.165) is 0 Å². The summed E-state index contributed by atoms with van der Waals surface area (Å²) >= 11 is 5.66. The minimum atomic E-state index is -0.412. The van der Waals surface area contributed by atoms with Crippen molar-refractivity contribution in [1.29, 1.82) is 0 Å². The van der Waals surface area contributed by atoms with Crippen LogP contribution in [0.3, 0.4) is 0 Å². The van der Waals surface area contributed by atoms with Crippen LogP contribution in [0.15, 0.2) is 36.7 Å². The summed E-state index contributed by atoms with van der Waals surface area (Å²) in [5, 5.41) is 2.79. The molecule has 0 atom stereocenters. The van der Waals surface area contributed by atoms with Crippen LogP contribution in [0.2, 0.25) is 5.15 Å². The fourth-order valence-corrected chi connectivity index (χ4v) is 1.58. The van der Waals surface area contributed by atoms with Crippen molar-refractivity contribution in [2.45, 2.75) is 6.92 Å². The monoisotopic (exact) mass is 275 g/mol. The fraction of sp³-hybridized carbons (Fsp3) is 0.0769.